The van der Waals surface area contributed by atoms with Gasteiger partial charge in [-0.2, -0.15) is 0 Å². The van der Waals surface area contributed by atoms with E-state index in [1.54, 1.807) is 31.3 Å². The second-order valence-electron chi connectivity index (χ2n) is 15.5. The van der Waals surface area contributed by atoms with Crippen molar-refractivity contribution in [3.63, 3.8) is 0 Å². The number of hydrogen-bond acceptors (Lipinski definition) is 12. The highest BCUT2D eigenvalue weighted by Gasteiger charge is 2.39. The summed E-state index contributed by atoms with van der Waals surface area (Å²) in [5.74, 6) is -1.66. The summed E-state index contributed by atoms with van der Waals surface area (Å²) < 4.78 is 18.9. The van der Waals surface area contributed by atoms with E-state index < -0.39 is 23.6 Å². The van der Waals surface area contributed by atoms with E-state index in [4.69, 9.17) is 13.9 Å². The van der Waals surface area contributed by atoms with Crippen LogP contribution in [0.3, 0.4) is 0 Å². The van der Waals surface area contributed by atoms with E-state index in [9.17, 15) is 33.6 Å². The largest absolute Gasteiger partial charge is 0.493 e. The molecule has 3 aliphatic heterocycles. The molecular weight excluding hydrogens is 827 g/mol. The van der Waals surface area contributed by atoms with Gasteiger partial charge in [-0.25, -0.2) is 4.98 Å². The maximum absolute atomic E-state index is 13.9. The number of carbonyl (C=O) groups excluding carboxylic acids is 7. The van der Waals surface area contributed by atoms with Gasteiger partial charge in [0.15, 0.2) is 23.1 Å². The van der Waals surface area contributed by atoms with Crippen molar-refractivity contribution in [1.82, 2.24) is 25.1 Å². The molecule has 1 atom stereocenters. The summed E-state index contributed by atoms with van der Waals surface area (Å²) >= 11 is 0. The molecule has 19 heteroatoms. The van der Waals surface area contributed by atoms with Crippen LogP contribution in [-0.2, 0) is 32.6 Å². The van der Waals surface area contributed by atoms with Crippen LogP contribution in [0.1, 0.15) is 56.4 Å². The zero-order valence-corrected chi connectivity index (χ0v) is 35.3. The third-order valence-corrected chi connectivity index (χ3v) is 11.0. The van der Waals surface area contributed by atoms with Crippen molar-refractivity contribution in [3.8, 4) is 11.5 Å². The lowest BCUT2D eigenvalue weighted by Crippen LogP contribution is -2.41. The number of imidazole rings is 1. The lowest BCUT2D eigenvalue weighted by atomic mass is 10.1. The fourth-order valence-electron chi connectivity index (χ4n) is 7.94. The first-order chi connectivity index (χ1) is 30.9. The third kappa shape index (κ3) is 8.99. The van der Waals surface area contributed by atoms with E-state index >= 15 is 0 Å². The molecule has 5 aromatic rings. The van der Waals surface area contributed by atoms with Gasteiger partial charge in [0.05, 0.1) is 31.0 Å². The fourth-order valence-corrected chi connectivity index (χ4v) is 7.94. The summed E-state index contributed by atoms with van der Waals surface area (Å²) in [7, 11) is 5.10. The van der Waals surface area contributed by atoms with Crippen molar-refractivity contribution in [2.45, 2.75) is 31.7 Å². The van der Waals surface area contributed by atoms with E-state index in [1.807, 2.05) is 36.2 Å². The Balaban J connectivity index is 0.791. The number of benzene rings is 3. The van der Waals surface area contributed by atoms with Crippen LogP contribution < -0.4 is 40.5 Å². The van der Waals surface area contributed by atoms with E-state index in [0.717, 1.165) is 28.3 Å². The molecular formula is C45H45N9O10. The quantitative estimate of drug-likeness (QED) is 0.0827. The highest BCUT2D eigenvalue weighted by Crippen LogP contribution is 2.42. The number of amides is 7. The molecule has 8 rings (SSSR count). The van der Waals surface area contributed by atoms with Crippen molar-refractivity contribution >= 4 is 75.2 Å². The topological polar surface area (TPSA) is 227 Å². The Morgan fingerprint density at radius 2 is 1.64 bits per heavy atom. The van der Waals surface area contributed by atoms with Gasteiger partial charge in [0, 0.05) is 94.3 Å². The molecule has 0 aliphatic carbocycles. The maximum atomic E-state index is 13.9. The molecule has 2 aromatic heterocycles. The number of rotatable bonds is 16. The smallest absolute Gasteiger partial charge is 0.291 e. The van der Waals surface area contributed by atoms with Crippen molar-refractivity contribution in [3.05, 3.63) is 102 Å². The van der Waals surface area contributed by atoms with Crippen LogP contribution in [0, 0.1) is 0 Å². The number of nitrogens with one attached hydrogen (secondary N) is 4. The molecule has 0 radical (unpaired) electrons. The lowest BCUT2D eigenvalue weighted by Gasteiger charge is -2.25. The number of aromatic nitrogens is 2. The van der Waals surface area contributed by atoms with E-state index in [1.165, 1.54) is 36.1 Å². The molecule has 19 nitrogen and oxygen atoms in total. The van der Waals surface area contributed by atoms with Crippen molar-refractivity contribution in [2.24, 2.45) is 7.05 Å². The van der Waals surface area contributed by atoms with Gasteiger partial charge in [0.2, 0.25) is 17.6 Å². The summed E-state index contributed by atoms with van der Waals surface area (Å²) in [5, 5.41) is 11.3. The molecule has 0 unspecified atom stereocenters. The van der Waals surface area contributed by atoms with Gasteiger partial charge in [-0.3, -0.25) is 38.5 Å². The number of furan rings is 1. The second kappa shape index (κ2) is 18.2. The Bertz CT molecular complexity index is 2720. The summed E-state index contributed by atoms with van der Waals surface area (Å²) in [6.45, 7) is 0.973. The highest BCUT2D eigenvalue weighted by atomic mass is 16.5. The average molecular weight is 872 g/mol. The molecule has 4 N–H and O–H groups in total. The van der Waals surface area contributed by atoms with E-state index in [2.05, 4.69) is 37.2 Å². The van der Waals surface area contributed by atoms with Gasteiger partial charge in [0.1, 0.15) is 5.58 Å². The van der Waals surface area contributed by atoms with Crippen LogP contribution in [0.25, 0.3) is 11.0 Å². The second-order valence-corrected chi connectivity index (χ2v) is 15.5. The lowest BCUT2D eigenvalue weighted by molar-refractivity contribution is -0.137. The summed E-state index contributed by atoms with van der Waals surface area (Å²) in [5.41, 5.74) is 4.13. The number of aryl methyl sites for hydroxylation is 1. The Morgan fingerprint density at radius 1 is 0.844 bits per heavy atom. The predicted molar refractivity (Wildman–Crippen MR) is 234 cm³/mol. The van der Waals surface area contributed by atoms with E-state index in [-0.39, 0.29) is 80.2 Å². The number of carbonyl (C=O) groups is 7. The molecule has 0 spiro atoms. The van der Waals surface area contributed by atoms with Gasteiger partial charge in [-0.1, -0.05) is 18.2 Å². The summed E-state index contributed by atoms with van der Waals surface area (Å²) in [6.07, 6.45) is 5.05. The molecule has 330 valence electrons. The van der Waals surface area contributed by atoms with Gasteiger partial charge in [-0.15, -0.1) is 0 Å². The average Bonchev–Trinajstić information content (AvgIpc) is 4.04. The monoisotopic (exact) mass is 871 g/mol. The van der Waals surface area contributed by atoms with Gasteiger partial charge < -0.3 is 49.5 Å². The number of likely N-dealkylation sites (N-methyl/N-ethyl adjacent to an activating group) is 1. The van der Waals surface area contributed by atoms with Gasteiger partial charge in [0.25, 0.3) is 29.5 Å². The predicted octanol–water partition coefficient (Wildman–Crippen LogP) is 3.41. The zero-order valence-electron chi connectivity index (χ0n) is 35.3. The Hall–Kier alpha value is -7.96. The van der Waals surface area contributed by atoms with Crippen LogP contribution >= 0.6 is 0 Å². The minimum absolute atomic E-state index is 0.000000909. The highest BCUT2D eigenvalue weighted by molar-refractivity contribution is 6.13. The number of para-hydroxylation sites is 1. The zero-order chi connectivity index (χ0) is 45.1. The molecule has 7 amide bonds. The molecule has 0 bridgehead atoms. The number of hydrogen-bond donors (Lipinski definition) is 4. The summed E-state index contributed by atoms with van der Waals surface area (Å²) in [4.78, 5) is 97.5. The Morgan fingerprint density at radius 3 is 2.44 bits per heavy atom. The Kier molecular flexibility index (Phi) is 12.1. The first-order valence-electron chi connectivity index (χ1n) is 20.6. The number of methoxy groups -OCH3 is 1. The summed E-state index contributed by atoms with van der Waals surface area (Å²) in [6, 6.07) is 17.8. The molecule has 0 fully saturated rings. The number of fused-ring (bicyclic) bond motifs is 5. The minimum Gasteiger partial charge on any atom is -0.493 e. The SMILES string of the molecule is COc1cc2c(cc1OCCCC(=O)Nc1cn(C)c(C(=O)Nc3ccc4oc(C(=O)NCCC(=O)NCCN5C(=O)C=CC5=O)cc4c3)n1)N(C)C[C@@H]1Cc3ccccc3N1C2=O. The molecule has 0 saturated heterocycles. The van der Waals surface area contributed by atoms with Crippen LogP contribution in [0.5, 0.6) is 11.5 Å². The minimum atomic E-state index is -0.548. The van der Waals surface area contributed by atoms with Crippen LogP contribution in [0.15, 0.2) is 83.4 Å². The maximum Gasteiger partial charge on any atom is 0.291 e. The number of anilines is 4. The fraction of sp³-hybridized carbons (Fsp3) is 0.289. The number of imide groups is 1. The molecule has 5 heterocycles. The standard InChI is InChI=1S/C45H45N9O10/c1-51-24-29-20-26-7-4-5-8-31(26)54(29)45(61)30-22-34(62-3)35(23-32(30)51)63-18-6-9-39(56)49-37-25-52(2)42(50-37)44(60)48-28-10-11-33-27(19-28)21-36(64-33)43(59)47-15-14-38(55)46-16-17-53-40(57)12-13-41(53)58/h4-5,7-8,10-13,19,21-23,25,29H,6,9,14-18,20,24H2,1-3H3,(H,46,55)(H,47,59)(H,48,60)(H,49,56)/t29-/m0/s1. The number of ether oxygens (including phenoxy) is 2. The van der Waals surface area contributed by atoms with E-state index in [0.29, 0.717) is 46.7 Å². The van der Waals surface area contributed by atoms with Crippen molar-refractivity contribution < 1.29 is 47.5 Å². The van der Waals surface area contributed by atoms with Gasteiger partial charge in [-0.05, 0) is 54.8 Å². The first-order valence-corrected chi connectivity index (χ1v) is 20.6. The molecule has 3 aromatic carbocycles. The third-order valence-electron chi connectivity index (χ3n) is 11.0. The normalized spacial score (nSPS) is 15.1. The number of nitrogens with zero attached hydrogens (tertiary/aromatic N) is 5. The van der Waals surface area contributed by atoms with Crippen LogP contribution in [-0.4, -0.2) is 109 Å². The molecule has 0 saturated carbocycles. The van der Waals surface area contributed by atoms with Gasteiger partial charge >= 0.3 is 0 Å². The van der Waals surface area contributed by atoms with Crippen molar-refractivity contribution in [1.29, 1.82) is 0 Å². The van der Waals surface area contributed by atoms with Crippen LogP contribution in [0.2, 0.25) is 0 Å². The van der Waals surface area contributed by atoms with Crippen molar-refractivity contribution in [2.75, 3.05) is 67.4 Å². The first kappa shape index (κ1) is 42.7. The molecule has 64 heavy (non-hydrogen) atoms. The molecule has 3 aliphatic rings. The Labute approximate surface area is 366 Å². The van der Waals surface area contributed by atoms with Crippen LogP contribution in [0.4, 0.5) is 22.9 Å².